The number of carbonyl (C=O) groups is 2. The molecular weight excluding hydrogens is 323 g/mol. The maximum absolute atomic E-state index is 12.5. The van der Waals surface area contributed by atoms with Gasteiger partial charge in [-0.2, -0.15) is 13.2 Å². The predicted octanol–water partition coefficient (Wildman–Crippen LogP) is 2.10. The molecule has 0 heterocycles. The van der Waals surface area contributed by atoms with Crippen LogP contribution in [0.25, 0.3) is 0 Å². The summed E-state index contributed by atoms with van der Waals surface area (Å²) in [5.74, 6) is -0.821. The Kier molecular flexibility index (Phi) is 5.17. The summed E-state index contributed by atoms with van der Waals surface area (Å²) in [5, 5.41) is 5.25. The highest BCUT2D eigenvalue weighted by molar-refractivity contribution is 6.13. The van der Waals surface area contributed by atoms with Gasteiger partial charge in [-0.15, -0.1) is 0 Å². The molecule has 24 heavy (non-hydrogen) atoms. The van der Waals surface area contributed by atoms with Crippen molar-refractivity contribution in [1.82, 2.24) is 10.2 Å². The van der Waals surface area contributed by atoms with Crippen LogP contribution in [-0.2, 0) is 15.8 Å². The number of hydrogen-bond acceptors (Lipinski definition) is 3. The van der Waals surface area contributed by atoms with Gasteiger partial charge in [0.25, 0.3) is 0 Å². The van der Waals surface area contributed by atoms with Crippen molar-refractivity contribution in [2.45, 2.75) is 19.0 Å². The number of benzene rings is 1. The average Bonchev–Trinajstić information content (AvgIpc) is 3.28. The Morgan fingerprint density at radius 2 is 1.71 bits per heavy atom. The highest BCUT2D eigenvalue weighted by atomic mass is 19.4. The van der Waals surface area contributed by atoms with Crippen LogP contribution in [0.3, 0.4) is 0 Å². The van der Waals surface area contributed by atoms with Gasteiger partial charge in [0.2, 0.25) is 11.8 Å². The van der Waals surface area contributed by atoms with E-state index in [1.54, 1.807) is 0 Å². The van der Waals surface area contributed by atoms with Crippen LogP contribution >= 0.6 is 0 Å². The van der Waals surface area contributed by atoms with E-state index in [0.29, 0.717) is 25.9 Å². The summed E-state index contributed by atoms with van der Waals surface area (Å²) in [6.45, 7) is 1.09. The van der Waals surface area contributed by atoms with E-state index in [1.165, 1.54) is 12.1 Å². The summed E-state index contributed by atoms with van der Waals surface area (Å²) in [6, 6.07) is 4.15. The number of carbonyl (C=O) groups excluding carboxylic acids is 2. The van der Waals surface area contributed by atoms with E-state index < -0.39 is 23.1 Å². The van der Waals surface area contributed by atoms with Gasteiger partial charge in [0.1, 0.15) is 5.41 Å². The van der Waals surface area contributed by atoms with Crippen LogP contribution in [0.2, 0.25) is 0 Å². The lowest BCUT2D eigenvalue weighted by atomic mass is 10.0. The van der Waals surface area contributed by atoms with E-state index in [1.807, 2.05) is 19.0 Å². The summed E-state index contributed by atoms with van der Waals surface area (Å²) < 4.78 is 37.6. The van der Waals surface area contributed by atoms with Crippen LogP contribution in [0.1, 0.15) is 18.4 Å². The lowest BCUT2D eigenvalue weighted by molar-refractivity contribution is -0.137. The molecule has 132 valence electrons. The van der Waals surface area contributed by atoms with Crippen molar-refractivity contribution >= 4 is 17.5 Å². The molecule has 2 rings (SSSR count). The fourth-order valence-electron chi connectivity index (χ4n) is 2.24. The third-order valence-corrected chi connectivity index (χ3v) is 3.93. The van der Waals surface area contributed by atoms with Crippen LogP contribution in [0, 0.1) is 5.41 Å². The Morgan fingerprint density at radius 3 is 2.17 bits per heavy atom. The lowest BCUT2D eigenvalue weighted by Crippen LogP contribution is -2.42. The van der Waals surface area contributed by atoms with E-state index in [4.69, 9.17) is 0 Å². The second-order valence-corrected chi connectivity index (χ2v) is 6.17. The highest BCUT2D eigenvalue weighted by Gasteiger charge is 2.56. The van der Waals surface area contributed by atoms with Gasteiger partial charge in [0.15, 0.2) is 0 Å². The molecule has 0 bridgehead atoms. The summed E-state index contributed by atoms with van der Waals surface area (Å²) in [6.07, 6.45) is -3.55. The lowest BCUT2D eigenvalue weighted by Gasteiger charge is -2.17. The highest BCUT2D eigenvalue weighted by Crippen LogP contribution is 2.46. The second kappa shape index (κ2) is 6.80. The van der Waals surface area contributed by atoms with Gasteiger partial charge < -0.3 is 15.5 Å². The largest absolute Gasteiger partial charge is 0.416 e. The second-order valence-electron chi connectivity index (χ2n) is 6.17. The molecule has 0 aromatic heterocycles. The normalized spacial score (nSPS) is 15.9. The zero-order chi connectivity index (χ0) is 18.0. The third-order valence-electron chi connectivity index (χ3n) is 3.93. The number of nitrogens with zero attached hydrogens (tertiary/aromatic N) is 1. The molecule has 0 spiro atoms. The first-order valence-corrected chi connectivity index (χ1v) is 7.57. The van der Waals surface area contributed by atoms with Crippen molar-refractivity contribution in [2.24, 2.45) is 5.41 Å². The van der Waals surface area contributed by atoms with Gasteiger partial charge in [-0.25, -0.2) is 0 Å². The first-order chi connectivity index (χ1) is 11.1. The molecule has 0 unspecified atom stereocenters. The Hall–Kier alpha value is -2.09. The predicted molar refractivity (Wildman–Crippen MR) is 83.3 cm³/mol. The molecule has 8 heteroatoms. The number of hydrogen-bond donors (Lipinski definition) is 2. The molecule has 1 fully saturated rings. The fourth-order valence-corrected chi connectivity index (χ4v) is 2.24. The maximum atomic E-state index is 12.5. The molecule has 1 aromatic rings. The number of halogens is 3. The van der Waals surface area contributed by atoms with Crippen molar-refractivity contribution in [2.75, 3.05) is 32.5 Å². The molecule has 0 aliphatic heterocycles. The quantitative estimate of drug-likeness (QED) is 0.778. The molecule has 0 atom stereocenters. The molecular formula is C16H20F3N3O2. The van der Waals surface area contributed by atoms with E-state index in [0.717, 1.165) is 12.1 Å². The van der Waals surface area contributed by atoms with Gasteiger partial charge >= 0.3 is 6.18 Å². The van der Waals surface area contributed by atoms with Crippen LogP contribution in [-0.4, -0.2) is 43.9 Å². The number of nitrogens with one attached hydrogen (secondary N) is 2. The smallest absolute Gasteiger partial charge is 0.354 e. The van der Waals surface area contributed by atoms with Crippen LogP contribution in [0.4, 0.5) is 18.9 Å². The third kappa shape index (κ3) is 4.25. The molecule has 1 aromatic carbocycles. The summed E-state index contributed by atoms with van der Waals surface area (Å²) >= 11 is 0. The number of rotatable bonds is 6. The van der Waals surface area contributed by atoms with Crippen LogP contribution < -0.4 is 10.6 Å². The fraction of sp³-hybridized carbons (Fsp3) is 0.500. The summed E-state index contributed by atoms with van der Waals surface area (Å²) in [4.78, 5) is 26.4. The van der Waals surface area contributed by atoms with Crippen molar-refractivity contribution in [3.63, 3.8) is 0 Å². The molecule has 2 N–H and O–H groups in total. The monoisotopic (exact) mass is 343 g/mol. The Bertz CT molecular complexity index is 608. The molecule has 0 saturated heterocycles. The summed E-state index contributed by atoms with van der Waals surface area (Å²) in [7, 11) is 3.74. The van der Waals surface area contributed by atoms with Crippen molar-refractivity contribution in [3.05, 3.63) is 29.8 Å². The molecule has 1 aliphatic rings. The first-order valence-electron chi connectivity index (χ1n) is 7.57. The van der Waals surface area contributed by atoms with E-state index in [9.17, 15) is 22.8 Å². The number of anilines is 1. The maximum Gasteiger partial charge on any atom is 0.416 e. The zero-order valence-electron chi connectivity index (χ0n) is 13.5. The Morgan fingerprint density at radius 1 is 1.12 bits per heavy atom. The van der Waals surface area contributed by atoms with Gasteiger partial charge in [0.05, 0.1) is 5.56 Å². The zero-order valence-corrected chi connectivity index (χ0v) is 13.5. The number of likely N-dealkylation sites (N-methyl/N-ethyl adjacent to an activating group) is 1. The number of amides is 2. The molecule has 1 aliphatic carbocycles. The molecule has 2 amide bonds. The van der Waals surface area contributed by atoms with Crippen LogP contribution in [0.5, 0.6) is 0 Å². The van der Waals surface area contributed by atoms with Gasteiger partial charge in [0, 0.05) is 18.8 Å². The minimum absolute atomic E-state index is 0.236. The average molecular weight is 343 g/mol. The van der Waals surface area contributed by atoms with E-state index in [2.05, 4.69) is 10.6 Å². The van der Waals surface area contributed by atoms with Gasteiger partial charge in [-0.1, -0.05) is 0 Å². The van der Waals surface area contributed by atoms with Crippen molar-refractivity contribution in [1.29, 1.82) is 0 Å². The van der Waals surface area contributed by atoms with Crippen LogP contribution in [0.15, 0.2) is 24.3 Å². The molecule has 1 saturated carbocycles. The Labute approximate surface area is 138 Å². The van der Waals surface area contributed by atoms with Gasteiger partial charge in [-0.3, -0.25) is 9.59 Å². The minimum Gasteiger partial charge on any atom is -0.354 e. The summed E-state index contributed by atoms with van der Waals surface area (Å²) in [5.41, 5.74) is -1.65. The van der Waals surface area contributed by atoms with Gasteiger partial charge in [-0.05, 0) is 51.2 Å². The molecule has 0 radical (unpaired) electrons. The molecule has 5 nitrogen and oxygen atoms in total. The number of alkyl halides is 3. The van der Waals surface area contributed by atoms with Crippen molar-refractivity contribution < 1.29 is 22.8 Å². The van der Waals surface area contributed by atoms with Crippen molar-refractivity contribution in [3.8, 4) is 0 Å². The first kappa shape index (κ1) is 18.3. The van der Waals surface area contributed by atoms with E-state index >= 15 is 0 Å². The minimum atomic E-state index is -4.42. The van der Waals surface area contributed by atoms with E-state index in [-0.39, 0.29) is 11.6 Å². The standard InChI is InChI=1S/C16H20F3N3O2/c1-22(2)10-9-20-13(23)15(7-8-15)14(24)21-12-5-3-11(4-6-12)16(17,18)19/h3-6H,7-10H2,1-2H3,(H,20,23)(H,21,24). The Balaban J connectivity index is 1.95. The SMILES string of the molecule is CN(C)CCNC(=O)C1(C(=O)Nc2ccc(C(F)(F)F)cc2)CC1. The topological polar surface area (TPSA) is 61.4 Å².